The molecule has 1 aliphatic carbocycles. The zero-order valence-corrected chi connectivity index (χ0v) is 8.58. The molecule has 1 aromatic rings. The van der Waals surface area contributed by atoms with Crippen LogP contribution in [0.25, 0.3) is 0 Å². The first kappa shape index (κ1) is 8.45. The van der Waals surface area contributed by atoms with Crippen LogP contribution in [0.1, 0.15) is 37.6 Å². The molecule has 0 N–H and O–H groups in total. The predicted octanol–water partition coefficient (Wildman–Crippen LogP) is 3.02. The van der Waals surface area contributed by atoms with Gasteiger partial charge in [0.15, 0.2) is 0 Å². The molecular weight excluding hydrogens is 192 g/mol. The third-order valence-electron chi connectivity index (χ3n) is 2.62. The van der Waals surface area contributed by atoms with Gasteiger partial charge in [-0.25, -0.2) is 4.98 Å². The van der Waals surface area contributed by atoms with Crippen molar-refractivity contribution in [2.24, 2.45) is 0 Å². The second kappa shape index (κ2) is 2.96. The third kappa shape index (κ3) is 1.36. The second-order valence-corrected chi connectivity index (χ2v) is 4.73. The van der Waals surface area contributed by atoms with E-state index in [1.807, 2.05) is 0 Å². The molecule has 0 bridgehead atoms. The van der Waals surface area contributed by atoms with E-state index in [0.29, 0.717) is 5.28 Å². The standard InChI is InChI=1S/C8H11ClN2S/c1-8(4-2-3-5-8)6-10-7(9)11-12-6/h2-5H2,1H3. The molecule has 2 rings (SSSR count). The number of halogens is 1. The van der Waals surface area contributed by atoms with Crippen LogP contribution < -0.4 is 0 Å². The smallest absolute Gasteiger partial charge is 0.209 e. The maximum absolute atomic E-state index is 5.69. The van der Waals surface area contributed by atoms with Gasteiger partial charge in [-0.1, -0.05) is 19.8 Å². The Hall–Kier alpha value is -0.150. The number of hydrogen-bond acceptors (Lipinski definition) is 3. The molecule has 0 atom stereocenters. The maximum Gasteiger partial charge on any atom is 0.234 e. The monoisotopic (exact) mass is 202 g/mol. The lowest BCUT2D eigenvalue weighted by molar-refractivity contribution is 0.488. The first-order valence-corrected chi connectivity index (χ1v) is 5.35. The Morgan fingerprint density at radius 2 is 2.08 bits per heavy atom. The van der Waals surface area contributed by atoms with Crippen LogP contribution in [0.2, 0.25) is 5.28 Å². The third-order valence-corrected chi connectivity index (χ3v) is 3.92. The first-order valence-electron chi connectivity index (χ1n) is 4.20. The molecule has 0 unspecified atom stereocenters. The van der Waals surface area contributed by atoms with E-state index in [9.17, 15) is 0 Å². The highest BCUT2D eigenvalue weighted by Crippen LogP contribution is 2.41. The van der Waals surface area contributed by atoms with E-state index in [1.54, 1.807) is 0 Å². The van der Waals surface area contributed by atoms with E-state index in [0.717, 1.165) is 5.01 Å². The lowest BCUT2D eigenvalue weighted by atomic mass is 9.90. The van der Waals surface area contributed by atoms with Gasteiger partial charge in [0.2, 0.25) is 5.28 Å². The van der Waals surface area contributed by atoms with Gasteiger partial charge in [0.25, 0.3) is 0 Å². The van der Waals surface area contributed by atoms with Gasteiger partial charge in [0, 0.05) is 5.41 Å². The minimum atomic E-state index is 0.269. The molecule has 0 aromatic carbocycles. The number of rotatable bonds is 1. The SMILES string of the molecule is CC1(c2nc(Cl)ns2)CCCC1. The summed E-state index contributed by atoms with van der Waals surface area (Å²) < 4.78 is 4.00. The maximum atomic E-state index is 5.69. The van der Waals surface area contributed by atoms with Crippen molar-refractivity contribution in [1.82, 2.24) is 9.36 Å². The molecule has 0 amide bonds. The highest BCUT2D eigenvalue weighted by molar-refractivity contribution is 7.05. The summed E-state index contributed by atoms with van der Waals surface area (Å²) in [4.78, 5) is 4.24. The molecule has 0 radical (unpaired) electrons. The fourth-order valence-corrected chi connectivity index (χ4v) is 2.81. The number of nitrogens with zero attached hydrogens (tertiary/aromatic N) is 2. The van der Waals surface area contributed by atoms with E-state index in [4.69, 9.17) is 11.6 Å². The van der Waals surface area contributed by atoms with E-state index in [2.05, 4.69) is 16.3 Å². The fourth-order valence-electron chi connectivity index (χ4n) is 1.82. The number of hydrogen-bond donors (Lipinski definition) is 0. The Morgan fingerprint density at radius 3 is 2.58 bits per heavy atom. The lowest BCUT2D eigenvalue weighted by Gasteiger charge is -2.18. The van der Waals surface area contributed by atoms with Gasteiger partial charge < -0.3 is 0 Å². The van der Waals surface area contributed by atoms with Crippen molar-refractivity contribution in [1.29, 1.82) is 0 Å². The Labute approximate surface area is 81.1 Å². The zero-order chi connectivity index (χ0) is 8.60. The minimum absolute atomic E-state index is 0.269. The minimum Gasteiger partial charge on any atom is -0.209 e. The summed E-state index contributed by atoms with van der Waals surface area (Å²) in [5.41, 5.74) is 0.269. The largest absolute Gasteiger partial charge is 0.234 e. The molecule has 4 heteroatoms. The van der Waals surface area contributed by atoms with Crippen LogP contribution in [-0.4, -0.2) is 9.36 Å². The van der Waals surface area contributed by atoms with Gasteiger partial charge in [-0.3, -0.25) is 0 Å². The Balaban J connectivity index is 2.28. The summed E-state index contributed by atoms with van der Waals surface area (Å²) in [5, 5.41) is 1.52. The van der Waals surface area contributed by atoms with Crippen molar-refractivity contribution >= 4 is 23.1 Å². The van der Waals surface area contributed by atoms with Crippen molar-refractivity contribution in [3.05, 3.63) is 10.3 Å². The molecule has 1 heterocycles. The van der Waals surface area contributed by atoms with Gasteiger partial charge in [-0.15, -0.1) is 0 Å². The molecule has 0 saturated heterocycles. The summed E-state index contributed by atoms with van der Waals surface area (Å²) in [6.07, 6.45) is 5.10. The molecule has 12 heavy (non-hydrogen) atoms. The summed E-state index contributed by atoms with van der Waals surface area (Å²) >= 11 is 7.14. The zero-order valence-electron chi connectivity index (χ0n) is 7.01. The molecule has 1 fully saturated rings. The Morgan fingerprint density at radius 1 is 1.42 bits per heavy atom. The van der Waals surface area contributed by atoms with Crippen LogP contribution in [0, 0.1) is 0 Å². The van der Waals surface area contributed by atoms with Crippen molar-refractivity contribution in [2.45, 2.75) is 38.0 Å². The highest BCUT2D eigenvalue weighted by atomic mass is 35.5. The van der Waals surface area contributed by atoms with Crippen LogP contribution in [0.15, 0.2) is 0 Å². The lowest BCUT2D eigenvalue weighted by Crippen LogP contribution is -2.15. The van der Waals surface area contributed by atoms with Crippen molar-refractivity contribution in [2.75, 3.05) is 0 Å². The predicted molar refractivity (Wildman–Crippen MR) is 50.7 cm³/mol. The summed E-state index contributed by atoms with van der Waals surface area (Å²) in [7, 11) is 0. The van der Waals surface area contributed by atoms with Crippen LogP contribution >= 0.6 is 23.1 Å². The molecule has 1 saturated carbocycles. The van der Waals surface area contributed by atoms with Crippen molar-refractivity contribution in [3.8, 4) is 0 Å². The van der Waals surface area contributed by atoms with Gasteiger partial charge in [-0.2, -0.15) is 4.37 Å². The van der Waals surface area contributed by atoms with E-state index < -0.39 is 0 Å². The topological polar surface area (TPSA) is 25.8 Å². The van der Waals surface area contributed by atoms with Crippen molar-refractivity contribution < 1.29 is 0 Å². The average molecular weight is 203 g/mol. The first-order chi connectivity index (χ1) is 5.71. The highest BCUT2D eigenvalue weighted by Gasteiger charge is 2.33. The molecule has 1 aliphatic rings. The van der Waals surface area contributed by atoms with Crippen LogP contribution in [-0.2, 0) is 5.41 Å². The Bertz CT molecular complexity index is 278. The molecule has 66 valence electrons. The molecule has 1 aromatic heterocycles. The molecular formula is C8H11ClN2S. The molecule has 0 spiro atoms. The fraction of sp³-hybridized carbons (Fsp3) is 0.750. The van der Waals surface area contributed by atoms with E-state index in [1.165, 1.54) is 37.2 Å². The van der Waals surface area contributed by atoms with E-state index in [-0.39, 0.29) is 5.41 Å². The second-order valence-electron chi connectivity index (χ2n) is 3.64. The quantitative estimate of drug-likeness (QED) is 0.700. The van der Waals surface area contributed by atoms with Gasteiger partial charge in [-0.05, 0) is 36.0 Å². The molecule has 0 aliphatic heterocycles. The summed E-state index contributed by atoms with van der Waals surface area (Å²) in [5.74, 6) is 0. The van der Waals surface area contributed by atoms with Crippen LogP contribution in [0.4, 0.5) is 0 Å². The van der Waals surface area contributed by atoms with Crippen LogP contribution in [0.3, 0.4) is 0 Å². The number of aromatic nitrogens is 2. The van der Waals surface area contributed by atoms with Crippen LogP contribution in [0.5, 0.6) is 0 Å². The summed E-state index contributed by atoms with van der Waals surface area (Å²) in [6.45, 7) is 2.26. The van der Waals surface area contributed by atoms with Crippen molar-refractivity contribution in [3.63, 3.8) is 0 Å². The average Bonchev–Trinajstić information content (AvgIpc) is 2.59. The molecule has 2 nitrogen and oxygen atoms in total. The van der Waals surface area contributed by atoms with Gasteiger partial charge in [0.05, 0.1) is 0 Å². The summed E-state index contributed by atoms with van der Waals surface area (Å²) in [6, 6.07) is 0. The Kier molecular flexibility index (Phi) is 2.09. The van der Waals surface area contributed by atoms with Gasteiger partial charge in [0.1, 0.15) is 5.01 Å². The van der Waals surface area contributed by atoms with Gasteiger partial charge >= 0.3 is 0 Å². The normalized spacial score (nSPS) is 21.5. The van der Waals surface area contributed by atoms with E-state index >= 15 is 0 Å².